The van der Waals surface area contributed by atoms with Gasteiger partial charge in [0.15, 0.2) is 23.0 Å². The Morgan fingerprint density at radius 2 is 0.843 bits per heavy atom. The Labute approximate surface area is 403 Å². The molecule has 12 N–H and O–H groups in total. The number of methoxy groups -OCH3 is 4. The number of rotatable bonds is 22. The molecule has 22 nitrogen and oxygen atoms in total. The zero-order valence-corrected chi connectivity index (χ0v) is 38.8. The van der Waals surface area contributed by atoms with E-state index in [-0.39, 0.29) is 21.9 Å². The molecule has 0 spiro atoms. The summed E-state index contributed by atoms with van der Waals surface area (Å²) in [6, 6.07) is 22.5. The molecule has 0 saturated heterocycles. The van der Waals surface area contributed by atoms with Gasteiger partial charge in [-0.05, 0) is 48.5 Å². The summed E-state index contributed by atoms with van der Waals surface area (Å²) in [5, 5.41) is 23.8. The number of terminal acetylenes is 2. The fraction of sp³-hybridized carbons (Fsp3) is 0.250. The first kappa shape index (κ1) is 61.8. The first-order valence-electron chi connectivity index (χ1n) is 20.0. The smallest absolute Gasteiger partial charge is 0.328 e. The van der Waals surface area contributed by atoms with Crippen molar-refractivity contribution in [3.8, 4) is 47.7 Å². The number of carboxylic acids is 2. The fourth-order valence-corrected chi connectivity index (χ4v) is 5.51. The van der Waals surface area contributed by atoms with Crippen molar-refractivity contribution in [1.82, 2.24) is 19.9 Å². The number of fused-ring (bicyclic) bond motifs is 2. The van der Waals surface area contributed by atoms with Gasteiger partial charge in [-0.3, -0.25) is 0 Å². The highest BCUT2D eigenvalue weighted by Crippen LogP contribution is 2.36. The van der Waals surface area contributed by atoms with Crippen LogP contribution < -0.4 is 29.6 Å². The molecule has 22 heteroatoms. The van der Waals surface area contributed by atoms with Gasteiger partial charge in [-0.25, -0.2) is 29.5 Å². The largest absolute Gasteiger partial charge is 0.487 e. The molecule has 2 aromatic heterocycles. The van der Waals surface area contributed by atoms with Crippen LogP contribution in [0.3, 0.4) is 0 Å². The second-order valence-corrected chi connectivity index (χ2v) is 13.2. The Morgan fingerprint density at radius 1 is 0.514 bits per heavy atom. The number of hydrogen-bond donors (Lipinski definition) is 4. The van der Waals surface area contributed by atoms with Gasteiger partial charge in [0.25, 0.3) is 0 Å². The number of nitrogens with one attached hydrogen (secondary N) is 2. The van der Waals surface area contributed by atoms with Crippen LogP contribution in [0.1, 0.15) is 11.1 Å². The van der Waals surface area contributed by atoms with E-state index in [4.69, 9.17) is 61.0 Å². The molecule has 0 bridgehead atoms. The number of hydrogen-bond acceptors (Lipinski definition) is 16. The summed E-state index contributed by atoms with van der Waals surface area (Å²) >= 11 is 0. The number of anilines is 4. The quantitative estimate of drug-likeness (QED) is 0.0431. The van der Waals surface area contributed by atoms with Crippen LogP contribution in [-0.4, -0.2) is 145 Å². The highest BCUT2D eigenvalue weighted by atomic mass is 16.6. The van der Waals surface area contributed by atoms with Crippen LogP contribution in [0.4, 0.5) is 23.0 Å². The monoisotopic (exact) mass is 974 g/mol. The van der Waals surface area contributed by atoms with Crippen LogP contribution in [0.15, 0.2) is 97.6 Å². The number of aromatic nitrogens is 4. The first-order valence-corrected chi connectivity index (χ1v) is 20.0. The van der Waals surface area contributed by atoms with Gasteiger partial charge >= 0.3 is 11.9 Å². The lowest BCUT2D eigenvalue weighted by Gasteiger charge is -2.15. The molecular formula is C48H58N6O16. The van der Waals surface area contributed by atoms with E-state index in [1.807, 2.05) is 72.8 Å². The Kier molecular flexibility index (Phi) is 30.2. The lowest BCUT2D eigenvalue weighted by Crippen LogP contribution is -2.09. The standard InChI is InChI=1S/2C22H23N3O4.C4H4O4.4H2O/c2*1-4-16-6-5-7-17(12-16)25-22-18-13-20(28-10-8-26-2)21(29-11-9-27-3)14-19(18)23-15-24-22;5-3(6)1-2-4(7)8;;;;/h2*1,5-7,12-15H,8-11H2,2-3H3,(H,23,24,25);1-2H,(H,5,6)(H,7,8);4*1H2/b;;2-1+;;;;. The van der Waals surface area contributed by atoms with Gasteiger partial charge in [-0.15, -0.1) is 12.8 Å². The number of carboxylic acid groups (broad SMARTS) is 2. The molecule has 0 aliphatic carbocycles. The molecule has 0 amide bonds. The van der Waals surface area contributed by atoms with Crippen molar-refractivity contribution in [2.45, 2.75) is 0 Å². The second kappa shape index (κ2) is 34.2. The molecule has 0 saturated carbocycles. The van der Waals surface area contributed by atoms with Crippen LogP contribution in [0.25, 0.3) is 21.8 Å². The van der Waals surface area contributed by atoms with Crippen molar-refractivity contribution in [1.29, 1.82) is 0 Å². The molecule has 0 atom stereocenters. The van der Waals surface area contributed by atoms with E-state index >= 15 is 0 Å². The van der Waals surface area contributed by atoms with Crippen molar-refractivity contribution in [3.05, 3.63) is 109 Å². The summed E-state index contributed by atoms with van der Waals surface area (Å²) in [5.41, 5.74) is 4.69. The predicted octanol–water partition coefficient (Wildman–Crippen LogP) is 3.22. The lowest BCUT2D eigenvalue weighted by atomic mass is 10.2. The minimum absolute atomic E-state index is 0. The Bertz CT molecular complexity index is 2460. The van der Waals surface area contributed by atoms with Gasteiger partial charge in [0, 0.05) is 86.0 Å². The maximum absolute atomic E-state index is 9.55. The summed E-state index contributed by atoms with van der Waals surface area (Å²) < 4.78 is 43.6. The lowest BCUT2D eigenvalue weighted by molar-refractivity contribution is -0.134. The average molecular weight is 975 g/mol. The molecule has 0 unspecified atom stereocenters. The second-order valence-electron chi connectivity index (χ2n) is 13.2. The van der Waals surface area contributed by atoms with E-state index < -0.39 is 11.9 Å². The van der Waals surface area contributed by atoms with Crippen molar-refractivity contribution in [3.63, 3.8) is 0 Å². The van der Waals surface area contributed by atoms with Crippen LogP contribution in [0, 0.1) is 24.7 Å². The van der Waals surface area contributed by atoms with Crippen molar-refractivity contribution in [2.75, 3.05) is 91.9 Å². The number of benzene rings is 4. The third-order valence-corrected chi connectivity index (χ3v) is 8.53. The topological polar surface area (TPSA) is 350 Å². The number of ether oxygens (including phenoxy) is 8. The molecule has 0 radical (unpaired) electrons. The van der Waals surface area contributed by atoms with Crippen molar-refractivity contribution in [2.24, 2.45) is 0 Å². The minimum atomic E-state index is -1.26. The van der Waals surface area contributed by atoms with Crippen LogP contribution in [0.2, 0.25) is 0 Å². The SMILES string of the molecule is C#Cc1cccc(Nc2ncnc3cc(OCCOC)c(OCCOC)cc23)c1.C#Cc1cccc(Nc2ncnc3cc(OCCOC)c(OCCOC)cc23)c1.O.O.O.O.O=C(O)/C=C/C(=O)O. The van der Waals surface area contributed by atoms with E-state index in [0.717, 1.165) is 44.3 Å². The summed E-state index contributed by atoms with van der Waals surface area (Å²) in [6.45, 7) is 3.45. The highest BCUT2D eigenvalue weighted by molar-refractivity contribution is 5.94. The molecule has 6 rings (SSSR count). The molecule has 6 aromatic rings. The zero-order valence-electron chi connectivity index (χ0n) is 38.8. The molecule has 0 aliphatic heterocycles. The number of aliphatic carboxylic acids is 2. The molecule has 0 aliphatic rings. The Hall–Kier alpha value is -8.16. The van der Waals surface area contributed by atoms with Crippen LogP contribution in [-0.2, 0) is 28.5 Å². The van der Waals surface area contributed by atoms with Gasteiger partial charge in [0.05, 0.1) is 37.5 Å². The van der Waals surface area contributed by atoms with Crippen molar-refractivity contribution >= 4 is 56.8 Å². The molecule has 4 aromatic carbocycles. The van der Waals surface area contributed by atoms with Gasteiger partial charge in [-0.2, -0.15) is 0 Å². The predicted molar refractivity (Wildman–Crippen MR) is 263 cm³/mol. The van der Waals surface area contributed by atoms with Crippen LogP contribution >= 0.6 is 0 Å². The molecular weight excluding hydrogens is 917 g/mol. The first-order chi connectivity index (χ1) is 32.1. The summed E-state index contributed by atoms with van der Waals surface area (Å²) in [7, 11) is 6.50. The fourth-order valence-electron chi connectivity index (χ4n) is 5.51. The Balaban J connectivity index is 0.00000112. The summed E-state index contributed by atoms with van der Waals surface area (Å²) in [4.78, 5) is 36.6. The van der Waals surface area contributed by atoms with E-state index in [9.17, 15) is 9.59 Å². The average Bonchev–Trinajstić information content (AvgIpc) is 3.32. The molecule has 2 heterocycles. The third kappa shape index (κ3) is 20.4. The zero-order chi connectivity index (χ0) is 47.5. The molecule has 0 fully saturated rings. The summed E-state index contributed by atoms with van der Waals surface area (Å²) in [6.07, 6.45) is 15.1. The summed E-state index contributed by atoms with van der Waals surface area (Å²) in [5.74, 6) is 6.37. The van der Waals surface area contributed by atoms with Gasteiger partial charge < -0.3 is 80.6 Å². The highest BCUT2D eigenvalue weighted by Gasteiger charge is 2.15. The molecule has 70 heavy (non-hydrogen) atoms. The van der Waals surface area contributed by atoms with E-state index in [1.165, 1.54) is 12.7 Å². The normalized spacial score (nSPS) is 9.80. The van der Waals surface area contributed by atoms with Gasteiger partial charge in [-0.1, -0.05) is 24.0 Å². The maximum atomic E-state index is 9.55. The van der Waals surface area contributed by atoms with Crippen LogP contribution in [0.5, 0.6) is 23.0 Å². The van der Waals surface area contributed by atoms with Gasteiger partial charge in [0.1, 0.15) is 50.7 Å². The maximum Gasteiger partial charge on any atom is 0.328 e. The van der Waals surface area contributed by atoms with E-state index in [0.29, 0.717) is 99.6 Å². The minimum Gasteiger partial charge on any atom is -0.487 e. The van der Waals surface area contributed by atoms with E-state index in [2.05, 4.69) is 42.4 Å². The number of nitrogens with zero attached hydrogens (tertiary/aromatic N) is 4. The van der Waals surface area contributed by atoms with Crippen molar-refractivity contribution < 1.29 is 79.6 Å². The molecule has 376 valence electrons. The third-order valence-electron chi connectivity index (χ3n) is 8.53. The number of carbonyl (C=O) groups is 2. The van der Waals surface area contributed by atoms with Gasteiger partial charge in [0.2, 0.25) is 0 Å². The Morgan fingerprint density at radius 3 is 1.14 bits per heavy atom. The van der Waals surface area contributed by atoms with E-state index in [1.54, 1.807) is 28.4 Å².